The maximum absolute atomic E-state index is 3.82. The minimum absolute atomic E-state index is 0.405. The van der Waals surface area contributed by atoms with Gasteiger partial charge in [-0.2, -0.15) is 0 Å². The summed E-state index contributed by atoms with van der Waals surface area (Å²) in [6.07, 6.45) is 8.50. The van der Waals surface area contributed by atoms with Gasteiger partial charge in [-0.05, 0) is 49.5 Å². The van der Waals surface area contributed by atoms with E-state index in [-0.39, 0.29) is 0 Å². The Morgan fingerprint density at radius 2 is 1.70 bits per heavy atom. The van der Waals surface area contributed by atoms with E-state index in [0.29, 0.717) is 10.8 Å². The molecule has 0 radical (unpaired) electrons. The molecule has 2 fully saturated rings. The van der Waals surface area contributed by atoms with Crippen molar-refractivity contribution in [2.24, 2.45) is 16.7 Å². The zero-order valence-electron chi connectivity index (χ0n) is 14.5. The van der Waals surface area contributed by atoms with Gasteiger partial charge in [0.1, 0.15) is 0 Å². The molecule has 0 spiro atoms. The van der Waals surface area contributed by atoms with Crippen LogP contribution in [0.1, 0.15) is 66.2 Å². The Balaban J connectivity index is 1.90. The van der Waals surface area contributed by atoms with Crippen LogP contribution in [0, 0.1) is 16.7 Å². The lowest BCUT2D eigenvalue weighted by Gasteiger charge is -2.43. The maximum Gasteiger partial charge on any atom is 0.00684 e. The van der Waals surface area contributed by atoms with Gasteiger partial charge in [0.25, 0.3) is 0 Å². The van der Waals surface area contributed by atoms with E-state index in [1.54, 1.807) is 0 Å². The summed E-state index contributed by atoms with van der Waals surface area (Å²) in [6, 6.07) is 0.846. The van der Waals surface area contributed by atoms with Crippen molar-refractivity contribution >= 4 is 0 Å². The quantitative estimate of drug-likeness (QED) is 0.793. The van der Waals surface area contributed by atoms with Gasteiger partial charge in [0.15, 0.2) is 0 Å². The normalized spacial score (nSPS) is 31.8. The van der Waals surface area contributed by atoms with Crippen molar-refractivity contribution in [2.75, 3.05) is 26.7 Å². The van der Waals surface area contributed by atoms with Crippen molar-refractivity contribution < 1.29 is 0 Å². The molecule has 0 aromatic rings. The van der Waals surface area contributed by atoms with Crippen molar-refractivity contribution in [3.8, 4) is 0 Å². The molecule has 118 valence electrons. The Kier molecular flexibility index (Phi) is 5.18. The number of nitrogens with zero attached hydrogens (tertiary/aromatic N) is 1. The first-order chi connectivity index (χ1) is 9.28. The summed E-state index contributed by atoms with van der Waals surface area (Å²) in [7, 11) is 2.32. The van der Waals surface area contributed by atoms with Crippen molar-refractivity contribution in [3.05, 3.63) is 0 Å². The minimum Gasteiger partial charge on any atom is -0.313 e. The van der Waals surface area contributed by atoms with Gasteiger partial charge < -0.3 is 10.2 Å². The second kappa shape index (κ2) is 6.36. The lowest BCUT2D eigenvalue weighted by molar-refractivity contribution is 0.0827. The SMILES string of the molecule is CC1CCC(CNC2CC2)(CN(C)CC(C)(C)C)CC1. The molecule has 0 unspecified atom stereocenters. The van der Waals surface area contributed by atoms with Crippen LogP contribution >= 0.6 is 0 Å². The van der Waals surface area contributed by atoms with Crippen LogP contribution in [0.3, 0.4) is 0 Å². The highest BCUT2D eigenvalue weighted by Gasteiger charge is 2.37. The van der Waals surface area contributed by atoms with Crippen molar-refractivity contribution in [2.45, 2.75) is 72.3 Å². The molecular weight excluding hydrogens is 244 g/mol. The molecular formula is C18H36N2. The van der Waals surface area contributed by atoms with Crippen LogP contribution in [-0.2, 0) is 0 Å². The molecule has 0 saturated heterocycles. The lowest BCUT2D eigenvalue weighted by Crippen LogP contribution is -2.47. The predicted octanol–water partition coefficient (Wildman–Crippen LogP) is 3.91. The Hall–Kier alpha value is -0.0800. The van der Waals surface area contributed by atoms with Crippen molar-refractivity contribution in [1.29, 1.82) is 0 Å². The molecule has 1 N–H and O–H groups in total. The topological polar surface area (TPSA) is 15.3 Å². The van der Waals surface area contributed by atoms with E-state index in [9.17, 15) is 0 Å². The monoisotopic (exact) mass is 280 g/mol. The Bertz CT molecular complexity index is 293. The third-order valence-electron chi connectivity index (χ3n) is 5.03. The van der Waals surface area contributed by atoms with Crippen molar-refractivity contribution in [3.63, 3.8) is 0 Å². The molecule has 0 atom stereocenters. The third kappa shape index (κ3) is 5.37. The van der Waals surface area contributed by atoms with Crippen LogP contribution in [0.15, 0.2) is 0 Å². The Labute approximate surface area is 126 Å². The van der Waals surface area contributed by atoms with Gasteiger partial charge in [-0.25, -0.2) is 0 Å². The molecule has 2 heteroatoms. The maximum atomic E-state index is 3.82. The molecule has 0 aliphatic heterocycles. The fraction of sp³-hybridized carbons (Fsp3) is 1.00. The number of hydrogen-bond acceptors (Lipinski definition) is 2. The molecule has 2 aliphatic carbocycles. The van der Waals surface area contributed by atoms with E-state index in [0.717, 1.165) is 12.0 Å². The van der Waals surface area contributed by atoms with Crippen molar-refractivity contribution in [1.82, 2.24) is 10.2 Å². The first-order valence-corrected chi connectivity index (χ1v) is 8.70. The zero-order chi connectivity index (χ0) is 14.8. The molecule has 2 rings (SSSR count). The Morgan fingerprint density at radius 3 is 2.20 bits per heavy atom. The summed E-state index contributed by atoms with van der Waals surface area (Å²) < 4.78 is 0. The molecule has 2 saturated carbocycles. The van der Waals surface area contributed by atoms with Gasteiger partial charge in [-0.15, -0.1) is 0 Å². The van der Waals surface area contributed by atoms with Crippen LogP contribution in [0.5, 0.6) is 0 Å². The predicted molar refractivity (Wildman–Crippen MR) is 88.0 cm³/mol. The molecule has 2 aliphatic rings. The van der Waals surface area contributed by atoms with E-state index in [2.05, 4.69) is 45.0 Å². The minimum atomic E-state index is 0.405. The third-order valence-corrected chi connectivity index (χ3v) is 5.03. The smallest absolute Gasteiger partial charge is 0.00684 e. The standard InChI is InChI=1S/C18H36N2/c1-15-8-10-18(11-9-15,12-19-16-6-7-16)14-20(5)13-17(2,3)4/h15-16,19H,6-14H2,1-5H3. The summed E-state index contributed by atoms with van der Waals surface area (Å²) in [5.41, 5.74) is 0.941. The van der Waals surface area contributed by atoms with E-state index in [1.807, 2.05) is 0 Å². The van der Waals surface area contributed by atoms with Gasteiger partial charge >= 0.3 is 0 Å². The molecule has 0 bridgehead atoms. The van der Waals surface area contributed by atoms with E-state index in [1.165, 1.54) is 58.2 Å². The van der Waals surface area contributed by atoms with Gasteiger partial charge in [0, 0.05) is 25.7 Å². The second-order valence-electron chi connectivity index (χ2n) is 9.07. The number of hydrogen-bond donors (Lipinski definition) is 1. The highest BCUT2D eigenvalue weighted by atomic mass is 15.1. The highest BCUT2D eigenvalue weighted by Crippen LogP contribution is 2.40. The molecule has 0 heterocycles. The molecule has 0 amide bonds. The fourth-order valence-corrected chi connectivity index (χ4v) is 3.85. The molecule has 0 aromatic heterocycles. The van der Waals surface area contributed by atoms with Gasteiger partial charge in [0.2, 0.25) is 0 Å². The molecule has 20 heavy (non-hydrogen) atoms. The van der Waals surface area contributed by atoms with Gasteiger partial charge in [-0.3, -0.25) is 0 Å². The average Bonchev–Trinajstić information content (AvgIpc) is 3.12. The highest BCUT2D eigenvalue weighted by molar-refractivity contribution is 4.92. The van der Waals surface area contributed by atoms with E-state index < -0.39 is 0 Å². The summed E-state index contributed by atoms with van der Waals surface area (Å²) >= 11 is 0. The molecule has 0 aromatic carbocycles. The number of nitrogens with one attached hydrogen (secondary N) is 1. The summed E-state index contributed by atoms with van der Waals surface area (Å²) in [6.45, 7) is 13.2. The van der Waals surface area contributed by atoms with E-state index >= 15 is 0 Å². The van der Waals surface area contributed by atoms with Crippen LogP contribution in [0.2, 0.25) is 0 Å². The summed E-state index contributed by atoms with van der Waals surface area (Å²) in [5.74, 6) is 0.942. The van der Waals surface area contributed by atoms with Gasteiger partial charge in [-0.1, -0.05) is 40.5 Å². The zero-order valence-corrected chi connectivity index (χ0v) is 14.5. The first-order valence-electron chi connectivity index (χ1n) is 8.70. The largest absolute Gasteiger partial charge is 0.313 e. The lowest BCUT2D eigenvalue weighted by atomic mass is 9.70. The second-order valence-corrected chi connectivity index (χ2v) is 9.07. The van der Waals surface area contributed by atoms with Gasteiger partial charge in [0.05, 0.1) is 0 Å². The average molecular weight is 280 g/mol. The van der Waals surface area contributed by atoms with Crippen LogP contribution < -0.4 is 5.32 Å². The molecule has 2 nitrogen and oxygen atoms in total. The number of rotatable bonds is 6. The van der Waals surface area contributed by atoms with Crippen LogP contribution in [-0.4, -0.2) is 37.6 Å². The Morgan fingerprint density at radius 1 is 1.10 bits per heavy atom. The summed E-state index contributed by atoms with van der Waals surface area (Å²) in [5, 5.41) is 3.82. The van der Waals surface area contributed by atoms with Crippen LogP contribution in [0.25, 0.3) is 0 Å². The fourth-order valence-electron chi connectivity index (χ4n) is 3.85. The van der Waals surface area contributed by atoms with E-state index in [4.69, 9.17) is 0 Å². The summed E-state index contributed by atoms with van der Waals surface area (Å²) in [4.78, 5) is 2.59. The first kappa shape index (κ1) is 16.3. The van der Waals surface area contributed by atoms with Crippen LogP contribution in [0.4, 0.5) is 0 Å².